The van der Waals surface area contributed by atoms with Crippen molar-refractivity contribution in [1.82, 2.24) is 10.3 Å². The predicted molar refractivity (Wildman–Crippen MR) is 71.3 cm³/mol. The maximum Gasteiger partial charge on any atom is 0.260 e. The Balaban J connectivity index is 1.82. The standard InChI is InChI=1S/C14H13FN2O3/c15-11-5-1-2-6-12(11)20-9-8-17-14(19)10-4-3-7-16-13(10)18/h1-7H,8-9H2,(H,16,18)(H,17,19). The topological polar surface area (TPSA) is 71.2 Å². The molecule has 0 saturated heterocycles. The van der Waals surface area contributed by atoms with Crippen molar-refractivity contribution in [1.29, 1.82) is 0 Å². The SMILES string of the molecule is O=C(NCCOc1ccccc1F)c1ccc[nH]c1=O. The summed E-state index contributed by atoms with van der Waals surface area (Å²) in [5, 5.41) is 2.52. The van der Waals surface area contributed by atoms with Crippen molar-refractivity contribution in [2.24, 2.45) is 0 Å². The Labute approximate surface area is 114 Å². The average molecular weight is 276 g/mol. The summed E-state index contributed by atoms with van der Waals surface area (Å²) < 4.78 is 18.4. The number of ether oxygens (including phenoxy) is 1. The number of hydrogen-bond donors (Lipinski definition) is 2. The lowest BCUT2D eigenvalue weighted by Crippen LogP contribution is -2.32. The minimum absolute atomic E-state index is 0.0263. The molecule has 0 unspecified atom stereocenters. The Morgan fingerprint density at radius 2 is 2.05 bits per heavy atom. The van der Waals surface area contributed by atoms with Gasteiger partial charge in [-0.2, -0.15) is 0 Å². The summed E-state index contributed by atoms with van der Waals surface area (Å²) in [6.07, 6.45) is 1.44. The second kappa shape index (κ2) is 6.51. The normalized spacial score (nSPS) is 10.1. The number of para-hydroxylation sites is 1. The van der Waals surface area contributed by atoms with Crippen LogP contribution in [0, 0.1) is 5.82 Å². The molecule has 0 aliphatic rings. The molecule has 1 aromatic carbocycles. The van der Waals surface area contributed by atoms with Gasteiger partial charge in [0.1, 0.15) is 12.2 Å². The maximum atomic E-state index is 13.2. The molecule has 1 heterocycles. The molecule has 2 N–H and O–H groups in total. The number of carbonyl (C=O) groups is 1. The third kappa shape index (κ3) is 3.44. The Hall–Kier alpha value is -2.63. The molecule has 1 amide bonds. The number of nitrogens with one attached hydrogen (secondary N) is 2. The van der Waals surface area contributed by atoms with Gasteiger partial charge in [0.25, 0.3) is 11.5 Å². The number of aromatic nitrogens is 1. The monoisotopic (exact) mass is 276 g/mol. The number of pyridine rings is 1. The quantitative estimate of drug-likeness (QED) is 0.809. The van der Waals surface area contributed by atoms with Crippen LogP contribution in [0.3, 0.4) is 0 Å². The highest BCUT2D eigenvalue weighted by Gasteiger charge is 2.08. The molecule has 0 radical (unpaired) electrons. The molecular weight excluding hydrogens is 263 g/mol. The van der Waals surface area contributed by atoms with E-state index in [0.29, 0.717) is 0 Å². The number of halogens is 1. The van der Waals surface area contributed by atoms with Gasteiger partial charge in [-0.1, -0.05) is 12.1 Å². The van der Waals surface area contributed by atoms with Gasteiger partial charge >= 0.3 is 0 Å². The van der Waals surface area contributed by atoms with Crippen LogP contribution in [-0.4, -0.2) is 24.0 Å². The zero-order valence-corrected chi connectivity index (χ0v) is 10.6. The van der Waals surface area contributed by atoms with Crippen LogP contribution < -0.4 is 15.6 Å². The van der Waals surface area contributed by atoms with Gasteiger partial charge in [-0.05, 0) is 24.3 Å². The zero-order valence-electron chi connectivity index (χ0n) is 10.6. The van der Waals surface area contributed by atoms with E-state index in [1.54, 1.807) is 18.2 Å². The van der Waals surface area contributed by atoms with E-state index >= 15 is 0 Å². The largest absolute Gasteiger partial charge is 0.489 e. The number of H-pyrrole nitrogens is 1. The summed E-state index contributed by atoms with van der Waals surface area (Å²) in [4.78, 5) is 25.5. The summed E-state index contributed by atoms with van der Waals surface area (Å²) in [7, 11) is 0. The van der Waals surface area contributed by atoms with Crippen LogP contribution in [0.5, 0.6) is 5.75 Å². The highest BCUT2D eigenvalue weighted by atomic mass is 19.1. The second-order valence-corrected chi connectivity index (χ2v) is 3.95. The molecule has 0 fully saturated rings. The lowest BCUT2D eigenvalue weighted by Gasteiger charge is -2.08. The Kier molecular flexibility index (Phi) is 4.49. The number of amides is 1. The number of benzene rings is 1. The van der Waals surface area contributed by atoms with Gasteiger partial charge in [0, 0.05) is 6.20 Å². The number of carbonyl (C=O) groups excluding carboxylic acids is 1. The molecule has 0 spiro atoms. The lowest BCUT2D eigenvalue weighted by molar-refractivity contribution is 0.0945. The third-order valence-corrected chi connectivity index (χ3v) is 2.54. The summed E-state index contributed by atoms with van der Waals surface area (Å²) in [6.45, 7) is 0.277. The lowest BCUT2D eigenvalue weighted by atomic mass is 10.2. The molecule has 0 bridgehead atoms. The van der Waals surface area contributed by atoms with Crippen molar-refractivity contribution in [2.45, 2.75) is 0 Å². The number of rotatable bonds is 5. The predicted octanol–water partition coefficient (Wildman–Crippen LogP) is 1.32. The fourth-order valence-electron chi connectivity index (χ4n) is 1.58. The Morgan fingerprint density at radius 3 is 2.80 bits per heavy atom. The highest BCUT2D eigenvalue weighted by molar-refractivity contribution is 5.93. The molecule has 5 nitrogen and oxygen atoms in total. The third-order valence-electron chi connectivity index (χ3n) is 2.54. The van der Waals surface area contributed by atoms with Crippen LogP contribution in [0.1, 0.15) is 10.4 Å². The van der Waals surface area contributed by atoms with Gasteiger partial charge < -0.3 is 15.0 Å². The first-order chi connectivity index (χ1) is 9.68. The second-order valence-electron chi connectivity index (χ2n) is 3.95. The van der Waals surface area contributed by atoms with Gasteiger partial charge in [0.05, 0.1) is 6.54 Å². The zero-order chi connectivity index (χ0) is 14.4. The van der Waals surface area contributed by atoms with Crippen molar-refractivity contribution in [3.63, 3.8) is 0 Å². The van der Waals surface area contributed by atoms with Crippen LogP contribution in [0.15, 0.2) is 47.4 Å². The smallest absolute Gasteiger partial charge is 0.260 e. The van der Waals surface area contributed by atoms with E-state index in [4.69, 9.17) is 4.74 Å². The molecule has 0 saturated carbocycles. The molecule has 0 aliphatic carbocycles. The van der Waals surface area contributed by atoms with Crippen LogP contribution >= 0.6 is 0 Å². The van der Waals surface area contributed by atoms with E-state index in [9.17, 15) is 14.0 Å². The van der Waals surface area contributed by atoms with Crippen LogP contribution in [0.4, 0.5) is 4.39 Å². The maximum absolute atomic E-state index is 13.2. The van der Waals surface area contributed by atoms with E-state index in [1.165, 1.54) is 24.4 Å². The van der Waals surface area contributed by atoms with E-state index in [2.05, 4.69) is 10.3 Å². The van der Waals surface area contributed by atoms with Crippen molar-refractivity contribution < 1.29 is 13.9 Å². The van der Waals surface area contributed by atoms with E-state index in [-0.39, 0.29) is 24.5 Å². The Morgan fingerprint density at radius 1 is 1.25 bits per heavy atom. The van der Waals surface area contributed by atoms with Gasteiger partial charge in [-0.15, -0.1) is 0 Å². The van der Waals surface area contributed by atoms with E-state index in [0.717, 1.165) is 0 Å². The fourth-order valence-corrected chi connectivity index (χ4v) is 1.58. The number of aromatic amines is 1. The van der Waals surface area contributed by atoms with Gasteiger partial charge in [0.2, 0.25) is 0 Å². The molecule has 104 valence electrons. The number of hydrogen-bond acceptors (Lipinski definition) is 3. The van der Waals surface area contributed by atoms with Crippen molar-refractivity contribution in [3.05, 3.63) is 64.3 Å². The van der Waals surface area contributed by atoms with Crippen molar-refractivity contribution in [3.8, 4) is 5.75 Å². The summed E-state index contributed by atoms with van der Waals surface area (Å²) in [6, 6.07) is 8.99. The van der Waals surface area contributed by atoms with Crippen molar-refractivity contribution >= 4 is 5.91 Å². The van der Waals surface area contributed by atoms with Crippen LogP contribution in [-0.2, 0) is 0 Å². The minimum atomic E-state index is -0.496. The van der Waals surface area contributed by atoms with E-state index < -0.39 is 17.3 Å². The molecule has 2 aromatic rings. The molecule has 0 aliphatic heterocycles. The summed E-state index contributed by atoms with van der Waals surface area (Å²) >= 11 is 0. The minimum Gasteiger partial charge on any atom is -0.489 e. The van der Waals surface area contributed by atoms with Crippen LogP contribution in [0.2, 0.25) is 0 Å². The summed E-state index contributed by atoms with van der Waals surface area (Å²) in [5.74, 6) is -0.832. The van der Waals surface area contributed by atoms with Gasteiger partial charge in [-0.25, -0.2) is 4.39 Å². The molecule has 20 heavy (non-hydrogen) atoms. The van der Waals surface area contributed by atoms with Crippen LogP contribution in [0.25, 0.3) is 0 Å². The molecule has 1 aromatic heterocycles. The molecule has 0 atom stereocenters. The molecule has 6 heteroatoms. The first-order valence-electron chi connectivity index (χ1n) is 6.01. The van der Waals surface area contributed by atoms with Crippen molar-refractivity contribution in [2.75, 3.05) is 13.2 Å². The Bertz CT molecular complexity index is 655. The fraction of sp³-hybridized carbons (Fsp3) is 0.143. The van der Waals surface area contributed by atoms with Gasteiger partial charge in [-0.3, -0.25) is 9.59 Å². The highest BCUT2D eigenvalue weighted by Crippen LogP contribution is 2.14. The average Bonchev–Trinajstić information content (AvgIpc) is 2.45. The first-order valence-corrected chi connectivity index (χ1v) is 6.01. The van der Waals surface area contributed by atoms with E-state index in [1.807, 2.05) is 0 Å². The van der Waals surface area contributed by atoms with Gasteiger partial charge in [0.15, 0.2) is 11.6 Å². The molecule has 2 rings (SSSR count). The summed E-state index contributed by atoms with van der Waals surface area (Å²) in [5.41, 5.74) is -0.432. The first kappa shape index (κ1) is 13.8. The molecular formula is C14H13FN2O3.